The molecule has 0 aromatic carbocycles. The summed E-state index contributed by atoms with van der Waals surface area (Å²) < 4.78 is 1.88. The van der Waals surface area contributed by atoms with E-state index in [2.05, 4.69) is 24.9 Å². The first-order valence-corrected chi connectivity index (χ1v) is 4.90. The molecular weight excluding hydrogens is 188 g/mol. The number of nitrogens with two attached hydrogens (primary N) is 1. The van der Waals surface area contributed by atoms with Crippen LogP contribution in [0.1, 0.15) is 31.0 Å². The molecule has 0 aliphatic heterocycles. The molecule has 0 spiro atoms. The van der Waals surface area contributed by atoms with Crippen molar-refractivity contribution < 1.29 is 0 Å². The summed E-state index contributed by atoms with van der Waals surface area (Å²) in [6.07, 6.45) is 3.63. The second kappa shape index (κ2) is 3.38. The minimum Gasteiger partial charge on any atom is -0.382 e. The van der Waals surface area contributed by atoms with Crippen molar-refractivity contribution in [3.63, 3.8) is 0 Å². The van der Waals surface area contributed by atoms with Crippen molar-refractivity contribution in [3.8, 4) is 0 Å². The summed E-state index contributed by atoms with van der Waals surface area (Å²) in [4.78, 5) is 4.11. The Morgan fingerprint density at radius 3 is 2.87 bits per heavy atom. The van der Waals surface area contributed by atoms with Crippen molar-refractivity contribution in [1.29, 1.82) is 5.41 Å². The highest BCUT2D eigenvalue weighted by molar-refractivity contribution is 5.99. The van der Waals surface area contributed by atoms with E-state index in [0.717, 1.165) is 5.52 Å². The van der Waals surface area contributed by atoms with Gasteiger partial charge in [-0.15, -0.1) is 0 Å². The van der Waals surface area contributed by atoms with E-state index in [0.29, 0.717) is 11.6 Å². The summed E-state index contributed by atoms with van der Waals surface area (Å²) in [5, 5.41) is 7.41. The topological polar surface area (TPSA) is 67.2 Å². The molecule has 2 heterocycles. The van der Waals surface area contributed by atoms with Gasteiger partial charge in [0.15, 0.2) is 0 Å². The monoisotopic (exact) mass is 202 g/mol. The van der Waals surface area contributed by atoms with Crippen LogP contribution in [0.2, 0.25) is 0 Å². The molecule has 2 rings (SSSR count). The largest absolute Gasteiger partial charge is 0.382 e. The van der Waals surface area contributed by atoms with Gasteiger partial charge in [0.05, 0.1) is 5.52 Å². The standard InChI is InChI=1S/C11H14N4/c1-7(2)8-3-4-15-6-14-10(11(12)13)9(15)5-8/h3-7H,1-2H3,(H3,12,13). The van der Waals surface area contributed by atoms with Crippen molar-refractivity contribution in [2.45, 2.75) is 19.8 Å². The predicted octanol–water partition coefficient (Wildman–Crippen LogP) is 1.74. The molecule has 2 aromatic rings. The van der Waals surface area contributed by atoms with Crippen molar-refractivity contribution in [1.82, 2.24) is 9.38 Å². The van der Waals surface area contributed by atoms with Gasteiger partial charge in [0.1, 0.15) is 17.9 Å². The zero-order chi connectivity index (χ0) is 11.0. The molecule has 3 N–H and O–H groups in total. The molecule has 0 saturated carbocycles. The average Bonchev–Trinajstić information content (AvgIpc) is 2.59. The predicted molar refractivity (Wildman–Crippen MR) is 60.3 cm³/mol. The van der Waals surface area contributed by atoms with Crippen LogP contribution in [0.4, 0.5) is 0 Å². The van der Waals surface area contributed by atoms with Gasteiger partial charge < -0.3 is 10.1 Å². The number of amidine groups is 1. The Labute approximate surface area is 88.3 Å². The first kappa shape index (κ1) is 9.71. The van der Waals surface area contributed by atoms with Crippen molar-refractivity contribution in [3.05, 3.63) is 35.9 Å². The lowest BCUT2D eigenvalue weighted by Crippen LogP contribution is -2.12. The van der Waals surface area contributed by atoms with Gasteiger partial charge in [0, 0.05) is 6.20 Å². The minimum absolute atomic E-state index is 0.0124. The van der Waals surface area contributed by atoms with Crippen LogP contribution in [-0.2, 0) is 0 Å². The van der Waals surface area contributed by atoms with Gasteiger partial charge in [0.2, 0.25) is 0 Å². The molecule has 0 amide bonds. The molecule has 0 saturated heterocycles. The van der Waals surface area contributed by atoms with E-state index in [4.69, 9.17) is 11.1 Å². The zero-order valence-electron chi connectivity index (χ0n) is 8.86. The second-order valence-electron chi connectivity index (χ2n) is 3.91. The number of fused-ring (bicyclic) bond motifs is 1. The van der Waals surface area contributed by atoms with Crippen LogP contribution in [0.3, 0.4) is 0 Å². The summed E-state index contributed by atoms with van der Waals surface area (Å²) in [5.41, 5.74) is 8.14. The van der Waals surface area contributed by atoms with Crippen LogP contribution in [0.15, 0.2) is 24.7 Å². The second-order valence-corrected chi connectivity index (χ2v) is 3.91. The van der Waals surface area contributed by atoms with Crippen LogP contribution in [0.25, 0.3) is 5.52 Å². The van der Waals surface area contributed by atoms with Crippen LogP contribution in [0, 0.1) is 5.41 Å². The molecule has 0 fully saturated rings. The first-order chi connectivity index (χ1) is 7.09. The fourth-order valence-corrected chi connectivity index (χ4v) is 1.57. The van der Waals surface area contributed by atoms with E-state index in [9.17, 15) is 0 Å². The highest BCUT2D eigenvalue weighted by atomic mass is 15.0. The molecule has 0 atom stereocenters. The lowest BCUT2D eigenvalue weighted by atomic mass is 10.0. The number of hydrogen-bond donors (Lipinski definition) is 2. The molecule has 4 heteroatoms. The normalized spacial score (nSPS) is 11.1. The smallest absolute Gasteiger partial charge is 0.144 e. The van der Waals surface area contributed by atoms with E-state index in [1.165, 1.54) is 5.56 Å². The van der Waals surface area contributed by atoms with Crippen LogP contribution in [-0.4, -0.2) is 15.2 Å². The fraction of sp³-hybridized carbons (Fsp3) is 0.273. The molecule has 0 bridgehead atoms. The lowest BCUT2D eigenvalue weighted by molar-refractivity contribution is 0.863. The van der Waals surface area contributed by atoms with Crippen LogP contribution < -0.4 is 5.73 Å². The van der Waals surface area contributed by atoms with Gasteiger partial charge in [-0.1, -0.05) is 13.8 Å². The first-order valence-electron chi connectivity index (χ1n) is 4.90. The van der Waals surface area contributed by atoms with E-state index >= 15 is 0 Å². The molecular formula is C11H14N4. The SMILES string of the molecule is CC(C)c1ccn2cnc(C(=N)N)c2c1. The molecule has 0 aliphatic carbocycles. The minimum atomic E-state index is 0.0124. The number of nitrogens with zero attached hydrogens (tertiary/aromatic N) is 2. The van der Waals surface area contributed by atoms with Crippen molar-refractivity contribution in [2.75, 3.05) is 0 Å². The highest BCUT2D eigenvalue weighted by Gasteiger charge is 2.08. The summed E-state index contributed by atoms with van der Waals surface area (Å²) in [6.45, 7) is 4.27. The maximum Gasteiger partial charge on any atom is 0.144 e. The van der Waals surface area contributed by atoms with Crippen molar-refractivity contribution >= 4 is 11.4 Å². The molecule has 15 heavy (non-hydrogen) atoms. The quantitative estimate of drug-likeness (QED) is 0.575. The molecule has 78 valence electrons. The van der Waals surface area contributed by atoms with Gasteiger partial charge in [-0.3, -0.25) is 5.41 Å². The number of nitrogen functional groups attached to an aromatic ring is 1. The molecule has 4 nitrogen and oxygen atoms in total. The maximum atomic E-state index is 7.41. The Balaban J connectivity index is 2.66. The van der Waals surface area contributed by atoms with Gasteiger partial charge in [-0.05, 0) is 23.6 Å². The molecule has 2 aromatic heterocycles. The number of pyridine rings is 1. The maximum absolute atomic E-state index is 7.41. The van der Waals surface area contributed by atoms with Gasteiger partial charge in [-0.2, -0.15) is 0 Å². The van der Waals surface area contributed by atoms with Crippen molar-refractivity contribution in [2.24, 2.45) is 5.73 Å². The van der Waals surface area contributed by atoms with E-state index in [-0.39, 0.29) is 5.84 Å². The number of hydrogen-bond acceptors (Lipinski definition) is 2. The summed E-state index contributed by atoms with van der Waals surface area (Å²) >= 11 is 0. The summed E-state index contributed by atoms with van der Waals surface area (Å²) in [7, 11) is 0. The van der Waals surface area contributed by atoms with E-state index in [1.54, 1.807) is 6.33 Å². The Hall–Kier alpha value is -1.84. The number of imidazole rings is 1. The van der Waals surface area contributed by atoms with Crippen LogP contribution in [0.5, 0.6) is 0 Å². The fourth-order valence-electron chi connectivity index (χ4n) is 1.57. The summed E-state index contributed by atoms with van der Waals surface area (Å²) in [6, 6.07) is 4.09. The van der Waals surface area contributed by atoms with E-state index < -0.39 is 0 Å². The zero-order valence-corrected chi connectivity index (χ0v) is 8.86. The lowest BCUT2D eigenvalue weighted by Gasteiger charge is -2.05. The number of rotatable bonds is 2. The van der Waals surface area contributed by atoms with Gasteiger partial charge >= 0.3 is 0 Å². The average molecular weight is 202 g/mol. The number of aromatic nitrogens is 2. The Morgan fingerprint density at radius 2 is 2.27 bits per heavy atom. The number of nitrogens with one attached hydrogen (secondary N) is 1. The van der Waals surface area contributed by atoms with Gasteiger partial charge in [-0.25, -0.2) is 4.98 Å². The van der Waals surface area contributed by atoms with Crippen LogP contribution >= 0.6 is 0 Å². The van der Waals surface area contributed by atoms with Gasteiger partial charge in [0.25, 0.3) is 0 Å². The highest BCUT2D eigenvalue weighted by Crippen LogP contribution is 2.18. The molecule has 0 aliphatic rings. The third-order valence-electron chi connectivity index (χ3n) is 2.48. The Kier molecular flexibility index (Phi) is 2.19. The summed E-state index contributed by atoms with van der Waals surface area (Å²) in [5.74, 6) is 0.475. The Bertz CT molecular complexity index is 510. The molecule has 0 unspecified atom stereocenters. The van der Waals surface area contributed by atoms with E-state index in [1.807, 2.05) is 16.7 Å². The Morgan fingerprint density at radius 1 is 1.53 bits per heavy atom. The molecule has 0 radical (unpaired) electrons. The third kappa shape index (κ3) is 1.58. The third-order valence-corrected chi connectivity index (χ3v) is 2.48.